The van der Waals surface area contributed by atoms with Crippen LogP contribution < -0.4 is 5.32 Å². The molecule has 3 rings (SSSR count). The fourth-order valence-corrected chi connectivity index (χ4v) is 4.40. The van der Waals surface area contributed by atoms with Gasteiger partial charge in [0.25, 0.3) is 11.1 Å². The topological polar surface area (TPSA) is 66.5 Å². The third-order valence-corrected chi connectivity index (χ3v) is 6.26. The Morgan fingerprint density at radius 2 is 1.90 bits per heavy atom. The molecule has 5 nitrogen and oxygen atoms in total. The first-order chi connectivity index (χ1) is 14.4. The van der Waals surface area contributed by atoms with Crippen LogP contribution in [-0.2, 0) is 15.3 Å². The molecule has 0 atom stereocenters. The molecule has 0 spiro atoms. The van der Waals surface area contributed by atoms with Gasteiger partial charge in [0, 0.05) is 24.4 Å². The number of carbonyl (C=O) groups excluding carboxylic acids is 3. The molecular formula is C22H21FN2O3S2. The first-order valence-electron chi connectivity index (χ1n) is 9.34. The van der Waals surface area contributed by atoms with Crippen LogP contribution in [0.3, 0.4) is 0 Å². The number of nitrogens with zero attached hydrogens (tertiary/aromatic N) is 1. The van der Waals surface area contributed by atoms with Gasteiger partial charge in [-0.05, 0) is 36.4 Å². The van der Waals surface area contributed by atoms with Gasteiger partial charge in [0.05, 0.1) is 10.7 Å². The molecule has 1 saturated heterocycles. The molecule has 30 heavy (non-hydrogen) atoms. The van der Waals surface area contributed by atoms with Crippen LogP contribution in [0.1, 0.15) is 16.7 Å². The summed E-state index contributed by atoms with van der Waals surface area (Å²) in [6.45, 7) is 2.28. The maximum Gasteiger partial charge on any atom is 0.293 e. The molecule has 1 fully saturated rings. The van der Waals surface area contributed by atoms with Crippen molar-refractivity contribution in [2.24, 2.45) is 0 Å². The molecule has 0 saturated carbocycles. The van der Waals surface area contributed by atoms with Gasteiger partial charge in [0.2, 0.25) is 5.91 Å². The number of hydrogen-bond acceptors (Lipinski definition) is 5. The summed E-state index contributed by atoms with van der Waals surface area (Å²) in [5, 5.41) is 2.30. The first kappa shape index (κ1) is 22.1. The smallest absolute Gasteiger partial charge is 0.293 e. The van der Waals surface area contributed by atoms with Crippen molar-refractivity contribution in [1.82, 2.24) is 10.2 Å². The molecule has 0 aromatic heterocycles. The van der Waals surface area contributed by atoms with Crippen LogP contribution in [0.4, 0.5) is 9.18 Å². The van der Waals surface area contributed by atoms with Gasteiger partial charge in [-0.15, -0.1) is 11.8 Å². The number of thioether (sulfide) groups is 2. The molecule has 0 aliphatic carbocycles. The Morgan fingerprint density at radius 1 is 1.17 bits per heavy atom. The van der Waals surface area contributed by atoms with Crippen molar-refractivity contribution in [1.29, 1.82) is 0 Å². The van der Waals surface area contributed by atoms with E-state index >= 15 is 0 Å². The molecule has 156 valence electrons. The summed E-state index contributed by atoms with van der Waals surface area (Å²) < 4.78 is 13.8. The standard InChI is InChI=1S/C22H21FN2O3S2/c1-15-6-8-16(9-7-15)13-29-14-20(26)24-10-11-25-21(27)19(30-22(25)28)12-17-4-2-3-5-18(17)23/h2-9,12H,10-11,13-14H2,1H3,(H,24,26)/b19-12-. The number of benzene rings is 2. The van der Waals surface area contributed by atoms with Gasteiger partial charge < -0.3 is 5.32 Å². The van der Waals surface area contributed by atoms with E-state index in [1.807, 2.05) is 31.2 Å². The lowest BCUT2D eigenvalue weighted by Crippen LogP contribution is -2.37. The van der Waals surface area contributed by atoms with Crippen molar-refractivity contribution in [3.63, 3.8) is 0 Å². The van der Waals surface area contributed by atoms with Gasteiger partial charge in [-0.2, -0.15) is 0 Å². The molecule has 1 N–H and O–H groups in total. The van der Waals surface area contributed by atoms with Crippen molar-refractivity contribution < 1.29 is 18.8 Å². The van der Waals surface area contributed by atoms with Crippen LogP contribution in [0.5, 0.6) is 0 Å². The molecule has 0 unspecified atom stereocenters. The second kappa shape index (κ2) is 10.4. The lowest BCUT2D eigenvalue weighted by Gasteiger charge is -2.13. The molecule has 3 amide bonds. The summed E-state index contributed by atoms with van der Waals surface area (Å²) in [4.78, 5) is 37.8. The Balaban J connectivity index is 1.43. The molecule has 2 aromatic carbocycles. The van der Waals surface area contributed by atoms with E-state index in [0.717, 1.165) is 28.0 Å². The molecular weight excluding hydrogens is 423 g/mol. The highest BCUT2D eigenvalue weighted by Crippen LogP contribution is 2.32. The summed E-state index contributed by atoms with van der Waals surface area (Å²) in [5.41, 5.74) is 2.59. The van der Waals surface area contributed by atoms with Gasteiger partial charge in [0.1, 0.15) is 5.82 Å². The SMILES string of the molecule is Cc1ccc(CSCC(=O)NCCN2C(=O)S/C(=C\c3ccccc3F)C2=O)cc1. The van der Waals surface area contributed by atoms with Crippen LogP contribution in [0, 0.1) is 12.7 Å². The molecule has 0 bridgehead atoms. The average Bonchev–Trinajstić information content (AvgIpc) is 2.98. The fraction of sp³-hybridized carbons (Fsp3) is 0.227. The minimum atomic E-state index is -0.476. The largest absolute Gasteiger partial charge is 0.354 e. The third-order valence-electron chi connectivity index (χ3n) is 4.35. The van der Waals surface area contributed by atoms with Crippen LogP contribution >= 0.6 is 23.5 Å². The summed E-state index contributed by atoms with van der Waals surface area (Å²) in [7, 11) is 0. The van der Waals surface area contributed by atoms with Crippen molar-refractivity contribution in [3.8, 4) is 0 Å². The van der Waals surface area contributed by atoms with Gasteiger partial charge in [-0.3, -0.25) is 19.3 Å². The second-order valence-corrected chi connectivity index (χ2v) is 8.66. The number of aryl methyl sites for hydroxylation is 1. The molecule has 1 aliphatic heterocycles. The van der Waals surface area contributed by atoms with E-state index < -0.39 is 17.0 Å². The van der Waals surface area contributed by atoms with Crippen molar-refractivity contribution >= 4 is 46.7 Å². The zero-order valence-electron chi connectivity index (χ0n) is 16.4. The molecule has 2 aromatic rings. The number of rotatable bonds is 8. The van der Waals surface area contributed by atoms with Crippen LogP contribution in [0.15, 0.2) is 53.4 Å². The molecule has 1 aliphatic rings. The van der Waals surface area contributed by atoms with Crippen molar-refractivity contribution in [3.05, 3.63) is 75.9 Å². The van der Waals surface area contributed by atoms with Crippen LogP contribution in [0.25, 0.3) is 6.08 Å². The minimum Gasteiger partial charge on any atom is -0.354 e. The summed E-state index contributed by atoms with van der Waals surface area (Å²) in [6, 6.07) is 14.2. The highest BCUT2D eigenvalue weighted by molar-refractivity contribution is 8.18. The molecule has 1 heterocycles. The number of hydrogen-bond donors (Lipinski definition) is 1. The van der Waals surface area contributed by atoms with Crippen LogP contribution in [0.2, 0.25) is 0 Å². The Bertz CT molecular complexity index is 977. The van der Waals surface area contributed by atoms with E-state index in [2.05, 4.69) is 5.32 Å². The Morgan fingerprint density at radius 3 is 2.63 bits per heavy atom. The fourth-order valence-electron chi connectivity index (χ4n) is 2.73. The maximum absolute atomic E-state index is 13.8. The van der Waals surface area contributed by atoms with Gasteiger partial charge in [-0.25, -0.2) is 4.39 Å². The van der Waals surface area contributed by atoms with Gasteiger partial charge >= 0.3 is 0 Å². The van der Waals surface area contributed by atoms with E-state index in [0.29, 0.717) is 5.75 Å². The lowest BCUT2D eigenvalue weighted by molar-refractivity contribution is -0.123. The van der Waals surface area contributed by atoms with E-state index in [4.69, 9.17) is 0 Å². The first-order valence-corrected chi connectivity index (χ1v) is 11.3. The number of nitrogens with one attached hydrogen (secondary N) is 1. The number of halogens is 1. The number of imide groups is 1. The Hall–Kier alpha value is -2.58. The number of amides is 3. The average molecular weight is 445 g/mol. The number of carbonyl (C=O) groups is 3. The zero-order chi connectivity index (χ0) is 21.5. The van der Waals surface area contributed by atoms with E-state index in [-0.39, 0.29) is 29.5 Å². The van der Waals surface area contributed by atoms with E-state index in [1.165, 1.54) is 35.5 Å². The van der Waals surface area contributed by atoms with Crippen LogP contribution in [-0.4, -0.2) is 40.8 Å². The maximum atomic E-state index is 13.8. The quantitative estimate of drug-likeness (QED) is 0.618. The lowest BCUT2D eigenvalue weighted by atomic mass is 10.2. The predicted octanol–water partition coefficient (Wildman–Crippen LogP) is 4.22. The second-order valence-electron chi connectivity index (χ2n) is 6.68. The van der Waals surface area contributed by atoms with Crippen molar-refractivity contribution in [2.75, 3.05) is 18.8 Å². The summed E-state index contributed by atoms with van der Waals surface area (Å²) in [5.74, 6) is -0.0578. The summed E-state index contributed by atoms with van der Waals surface area (Å²) >= 11 is 2.27. The normalized spacial score (nSPS) is 15.1. The Labute approximate surface area is 183 Å². The van der Waals surface area contributed by atoms with Crippen molar-refractivity contribution in [2.45, 2.75) is 12.7 Å². The molecule has 8 heteroatoms. The predicted molar refractivity (Wildman–Crippen MR) is 119 cm³/mol. The Kier molecular flexibility index (Phi) is 7.70. The minimum absolute atomic E-state index is 0.0770. The van der Waals surface area contributed by atoms with E-state index in [1.54, 1.807) is 12.1 Å². The zero-order valence-corrected chi connectivity index (χ0v) is 18.0. The van der Waals surface area contributed by atoms with Gasteiger partial charge in [-0.1, -0.05) is 48.0 Å². The monoisotopic (exact) mass is 444 g/mol. The molecule has 0 radical (unpaired) electrons. The highest BCUT2D eigenvalue weighted by Gasteiger charge is 2.34. The third kappa shape index (κ3) is 5.96. The van der Waals surface area contributed by atoms with Gasteiger partial charge in [0.15, 0.2) is 0 Å². The van der Waals surface area contributed by atoms with E-state index in [9.17, 15) is 18.8 Å². The summed E-state index contributed by atoms with van der Waals surface area (Å²) in [6.07, 6.45) is 1.38. The highest BCUT2D eigenvalue weighted by atomic mass is 32.2.